The summed E-state index contributed by atoms with van der Waals surface area (Å²) in [6, 6.07) is 4.36. The summed E-state index contributed by atoms with van der Waals surface area (Å²) in [7, 11) is 0. The average molecular weight is 300 g/mol. The van der Waals surface area contributed by atoms with E-state index in [0.29, 0.717) is 16.0 Å². The Hall–Kier alpha value is -1.60. The molecule has 0 fully saturated rings. The van der Waals surface area contributed by atoms with Gasteiger partial charge in [0, 0.05) is 16.9 Å². The molecule has 0 atom stereocenters. The Bertz CT molecular complexity index is 615. The maximum Gasteiger partial charge on any atom is 0.288 e. The Morgan fingerprint density at radius 1 is 1.42 bits per heavy atom. The van der Waals surface area contributed by atoms with E-state index in [-0.39, 0.29) is 16.6 Å². The molecule has 0 saturated carbocycles. The van der Waals surface area contributed by atoms with Crippen LogP contribution in [0.15, 0.2) is 27.8 Å². The molecule has 6 nitrogen and oxygen atoms in total. The smallest absolute Gasteiger partial charge is 0.288 e. The van der Waals surface area contributed by atoms with E-state index >= 15 is 0 Å². The van der Waals surface area contributed by atoms with Crippen molar-refractivity contribution in [3.8, 4) is 11.5 Å². The van der Waals surface area contributed by atoms with Gasteiger partial charge in [-0.05, 0) is 12.1 Å². The number of halogens is 1. The molecular formula is C11H10ClN3O3S. The van der Waals surface area contributed by atoms with Gasteiger partial charge in [-0.25, -0.2) is 0 Å². The zero-order chi connectivity index (χ0) is 14.0. The standard InChI is InChI=1S/C11H10ClN3O3S/c1-6(2)19-11-14-13-10(18-11)7-3-4-8(12)9(5-7)15(16)17/h3-6H,1-2H3. The second-order valence-electron chi connectivity index (χ2n) is 3.96. The van der Waals surface area contributed by atoms with E-state index in [1.807, 2.05) is 13.8 Å². The highest BCUT2D eigenvalue weighted by Gasteiger charge is 2.17. The van der Waals surface area contributed by atoms with Crippen LogP contribution in [0.4, 0.5) is 5.69 Å². The monoisotopic (exact) mass is 299 g/mol. The van der Waals surface area contributed by atoms with Gasteiger partial charge in [-0.1, -0.05) is 37.2 Å². The van der Waals surface area contributed by atoms with E-state index in [9.17, 15) is 10.1 Å². The van der Waals surface area contributed by atoms with Crippen LogP contribution in [0.5, 0.6) is 0 Å². The topological polar surface area (TPSA) is 82.1 Å². The highest BCUT2D eigenvalue weighted by atomic mass is 35.5. The number of thioether (sulfide) groups is 1. The number of benzene rings is 1. The number of nitro benzene ring substituents is 1. The first-order valence-corrected chi connectivity index (χ1v) is 6.67. The van der Waals surface area contributed by atoms with Crippen LogP contribution in [-0.2, 0) is 0 Å². The van der Waals surface area contributed by atoms with E-state index in [0.717, 1.165) is 0 Å². The highest BCUT2D eigenvalue weighted by Crippen LogP contribution is 2.31. The van der Waals surface area contributed by atoms with Gasteiger partial charge >= 0.3 is 0 Å². The van der Waals surface area contributed by atoms with Crippen molar-refractivity contribution in [1.82, 2.24) is 10.2 Å². The second-order valence-corrected chi connectivity index (χ2v) is 5.90. The summed E-state index contributed by atoms with van der Waals surface area (Å²) in [5, 5.41) is 19.4. The van der Waals surface area contributed by atoms with Crippen LogP contribution in [0, 0.1) is 10.1 Å². The fourth-order valence-electron chi connectivity index (χ4n) is 1.36. The molecule has 1 aromatic carbocycles. The van der Waals surface area contributed by atoms with Gasteiger partial charge in [0.25, 0.3) is 10.9 Å². The third-order valence-corrected chi connectivity index (χ3v) is 3.29. The molecule has 0 radical (unpaired) electrons. The largest absolute Gasteiger partial charge is 0.411 e. The summed E-state index contributed by atoms with van der Waals surface area (Å²) in [5.74, 6) is 0.239. The molecular weight excluding hydrogens is 290 g/mol. The minimum Gasteiger partial charge on any atom is -0.411 e. The molecule has 100 valence electrons. The van der Waals surface area contributed by atoms with Gasteiger partial charge in [-0.15, -0.1) is 10.2 Å². The lowest BCUT2D eigenvalue weighted by atomic mass is 10.2. The number of rotatable bonds is 4. The minimum absolute atomic E-state index is 0.0741. The second kappa shape index (κ2) is 5.58. The lowest BCUT2D eigenvalue weighted by Gasteiger charge is -1.98. The van der Waals surface area contributed by atoms with Crippen molar-refractivity contribution >= 4 is 29.1 Å². The quantitative estimate of drug-likeness (QED) is 0.485. The Kier molecular flexibility index (Phi) is 4.06. The summed E-state index contributed by atoms with van der Waals surface area (Å²) in [4.78, 5) is 10.3. The van der Waals surface area contributed by atoms with Crippen molar-refractivity contribution < 1.29 is 9.34 Å². The first kappa shape index (κ1) is 13.8. The Morgan fingerprint density at radius 3 is 2.79 bits per heavy atom. The van der Waals surface area contributed by atoms with Crippen LogP contribution < -0.4 is 0 Å². The van der Waals surface area contributed by atoms with Gasteiger partial charge in [0.2, 0.25) is 5.89 Å². The average Bonchev–Trinajstić information content (AvgIpc) is 2.76. The molecule has 0 unspecified atom stereocenters. The molecule has 0 bridgehead atoms. The maximum absolute atomic E-state index is 10.8. The number of nitro groups is 1. The van der Waals surface area contributed by atoms with Crippen LogP contribution in [0.1, 0.15) is 13.8 Å². The fraction of sp³-hybridized carbons (Fsp3) is 0.273. The summed E-state index contributed by atoms with van der Waals surface area (Å²) in [6.07, 6.45) is 0. The zero-order valence-corrected chi connectivity index (χ0v) is 11.7. The summed E-state index contributed by atoms with van der Waals surface area (Å²) in [5.41, 5.74) is 0.287. The van der Waals surface area contributed by atoms with Gasteiger partial charge in [0.15, 0.2) is 0 Å². The first-order chi connectivity index (χ1) is 8.97. The lowest BCUT2D eigenvalue weighted by Crippen LogP contribution is -1.90. The summed E-state index contributed by atoms with van der Waals surface area (Å²) >= 11 is 7.17. The molecule has 1 heterocycles. The zero-order valence-electron chi connectivity index (χ0n) is 10.2. The number of nitrogens with zero attached hydrogens (tertiary/aromatic N) is 3. The van der Waals surface area contributed by atoms with Gasteiger partial charge in [0.05, 0.1) is 4.92 Å². The first-order valence-electron chi connectivity index (χ1n) is 5.42. The molecule has 19 heavy (non-hydrogen) atoms. The van der Waals surface area contributed by atoms with Crippen LogP contribution in [0.2, 0.25) is 5.02 Å². The fourth-order valence-corrected chi connectivity index (χ4v) is 2.17. The third kappa shape index (κ3) is 3.24. The van der Waals surface area contributed by atoms with Gasteiger partial charge in [0.1, 0.15) is 5.02 Å². The Morgan fingerprint density at radius 2 is 2.16 bits per heavy atom. The van der Waals surface area contributed by atoms with E-state index in [2.05, 4.69) is 10.2 Å². The summed E-state index contributed by atoms with van der Waals surface area (Å²) < 4.78 is 5.43. The molecule has 1 aromatic heterocycles. The molecule has 0 aliphatic rings. The number of hydrogen-bond acceptors (Lipinski definition) is 6. The van der Waals surface area contributed by atoms with Crippen molar-refractivity contribution in [2.24, 2.45) is 0 Å². The molecule has 0 saturated heterocycles. The molecule has 2 aromatic rings. The lowest BCUT2D eigenvalue weighted by molar-refractivity contribution is -0.384. The van der Waals surface area contributed by atoms with Crippen molar-refractivity contribution in [3.05, 3.63) is 33.3 Å². The maximum atomic E-state index is 10.8. The van der Waals surface area contributed by atoms with Crippen molar-refractivity contribution in [3.63, 3.8) is 0 Å². The molecule has 0 N–H and O–H groups in total. The highest BCUT2D eigenvalue weighted by molar-refractivity contribution is 7.99. The molecule has 0 spiro atoms. The van der Waals surface area contributed by atoms with Gasteiger partial charge in [-0.3, -0.25) is 10.1 Å². The Balaban J connectivity index is 2.34. The number of aromatic nitrogens is 2. The van der Waals surface area contributed by atoms with Gasteiger partial charge in [-0.2, -0.15) is 0 Å². The van der Waals surface area contributed by atoms with Crippen molar-refractivity contribution in [2.75, 3.05) is 0 Å². The van der Waals surface area contributed by atoms with E-state index < -0.39 is 4.92 Å². The third-order valence-electron chi connectivity index (χ3n) is 2.13. The van der Waals surface area contributed by atoms with Crippen LogP contribution in [-0.4, -0.2) is 20.4 Å². The normalized spacial score (nSPS) is 10.9. The molecule has 2 rings (SSSR count). The van der Waals surface area contributed by atoms with E-state index in [1.54, 1.807) is 6.07 Å². The van der Waals surface area contributed by atoms with Crippen molar-refractivity contribution in [1.29, 1.82) is 0 Å². The molecule has 8 heteroatoms. The summed E-state index contributed by atoms with van der Waals surface area (Å²) in [6.45, 7) is 4.00. The van der Waals surface area contributed by atoms with Crippen LogP contribution in [0.3, 0.4) is 0 Å². The van der Waals surface area contributed by atoms with Crippen molar-refractivity contribution in [2.45, 2.75) is 24.3 Å². The SMILES string of the molecule is CC(C)Sc1nnc(-c2ccc(Cl)c([N+](=O)[O-])c2)o1. The predicted octanol–water partition coefficient (Wildman–Crippen LogP) is 3.80. The predicted molar refractivity (Wildman–Crippen MR) is 72.4 cm³/mol. The molecule has 0 amide bonds. The van der Waals surface area contributed by atoms with Crippen LogP contribution >= 0.6 is 23.4 Å². The van der Waals surface area contributed by atoms with Gasteiger partial charge < -0.3 is 4.42 Å². The van der Waals surface area contributed by atoms with E-state index in [1.165, 1.54) is 23.9 Å². The molecule has 0 aliphatic carbocycles. The Labute approximate surface area is 118 Å². The number of hydrogen-bond donors (Lipinski definition) is 0. The molecule has 0 aliphatic heterocycles. The van der Waals surface area contributed by atoms with E-state index in [4.69, 9.17) is 16.0 Å². The minimum atomic E-state index is -0.550. The van der Waals surface area contributed by atoms with Crippen LogP contribution in [0.25, 0.3) is 11.5 Å².